The van der Waals surface area contributed by atoms with Crippen LogP contribution < -0.4 is 16.0 Å². The van der Waals surface area contributed by atoms with E-state index in [2.05, 4.69) is 25.9 Å². The Morgan fingerprint density at radius 1 is 1.25 bits per heavy atom. The molecular weight excluding hydrogens is 446 g/mol. The lowest BCUT2D eigenvalue weighted by Gasteiger charge is -2.25. The van der Waals surface area contributed by atoms with Crippen LogP contribution in [-0.4, -0.2) is 27.3 Å². The largest absolute Gasteiger partial charge is 0.328 e. The molecule has 0 saturated heterocycles. The number of halogens is 4. The Kier molecular flexibility index (Phi) is 7.72. The van der Waals surface area contributed by atoms with Crippen molar-refractivity contribution in [2.24, 2.45) is 4.99 Å². The van der Waals surface area contributed by atoms with Crippen LogP contribution in [0.3, 0.4) is 0 Å². The quantitative estimate of drug-likeness (QED) is 0.155. The Balaban J connectivity index is 2.28. The third-order valence-corrected chi connectivity index (χ3v) is 4.27. The Morgan fingerprint density at radius 3 is 2.50 bits per heavy atom. The van der Waals surface area contributed by atoms with E-state index in [1.54, 1.807) is 42.6 Å². The summed E-state index contributed by atoms with van der Waals surface area (Å²) in [6, 6.07) is 9.51. The van der Waals surface area contributed by atoms with E-state index in [1.807, 2.05) is 0 Å². The number of hydrogen-bond acceptors (Lipinski definition) is 4. The number of nitrogens with zero attached hydrogens (tertiary/aromatic N) is 3. The Morgan fingerprint density at radius 2 is 1.93 bits per heavy atom. The number of benzene rings is 1. The molecule has 1 unspecified atom stereocenters. The van der Waals surface area contributed by atoms with Crippen molar-refractivity contribution < 1.29 is 4.79 Å². The van der Waals surface area contributed by atoms with Gasteiger partial charge in [0.25, 0.3) is 5.91 Å². The number of pyridine rings is 1. The van der Waals surface area contributed by atoms with Gasteiger partial charge in [0.05, 0.1) is 5.69 Å². The summed E-state index contributed by atoms with van der Waals surface area (Å²) in [5, 5.41) is 17.4. The van der Waals surface area contributed by atoms with Crippen molar-refractivity contribution in [2.75, 3.05) is 5.32 Å². The van der Waals surface area contributed by atoms with Crippen LogP contribution >= 0.6 is 46.4 Å². The summed E-state index contributed by atoms with van der Waals surface area (Å²) in [7, 11) is 0. The average Bonchev–Trinajstić information content (AvgIpc) is 2.63. The molecule has 2 rings (SSSR count). The second-order valence-electron chi connectivity index (χ2n) is 5.52. The molecule has 0 aliphatic heterocycles. The molecule has 7 nitrogen and oxygen atoms in total. The average molecular weight is 460 g/mol. The number of hydrogen-bond donors (Lipinski definition) is 3. The van der Waals surface area contributed by atoms with Gasteiger partial charge in [-0.05, 0) is 43.3 Å². The van der Waals surface area contributed by atoms with Crippen LogP contribution in [0.5, 0.6) is 0 Å². The van der Waals surface area contributed by atoms with Gasteiger partial charge >= 0.3 is 0 Å². The summed E-state index contributed by atoms with van der Waals surface area (Å²) >= 11 is 24.2. The minimum atomic E-state index is -1.50. The monoisotopic (exact) mass is 458 g/mol. The fourth-order valence-corrected chi connectivity index (χ4v) is 2.47. The number of anilines is 1. The van der Waals surface area contributed by atoms with Gasteiger partial charge in [0.2, 0.25) is 5.96 Å². The topological polar surface area (TPSA) is 102 Å². The third-order valence-electron chi connectivity index (χ3n) is 3.30. The number of amides is 1. The second-order valence-corrected chi connectivity index (χ2v) is 8.08. The predicted octanol–water partition coefficient (Wildman–Crippen LogP) is 4.18. The molecule has 11 heteroatoms. The first-order valence-electron chi connectivity index (χ1n) is 7.75. The van der Waals surface area contributed by atoms with E-state index >= 15 is 0 Å². The standard InChI is InChI=1S/C17H14Cl4N6O/c1-17(20,21)15(26-14(28)10-4-6-11(18)7-5-10)27-16(24-9-22)25-12-3-2-8-23-13(12)19/h2-8,15H,1H3,(H,26,28)(H2,24,25,27). The van der Waals surface area contributed by atoms with E-state index in [1.165, 1.54) is 13.1 Å². The summed E-state index contributed by atoms with van der Waals surface area (Å²) in [6.45, 7) is 1.45. The lowest BCUT2D eigenvalue weighted by atomic mass is 10.2. The van der Waals surface area contributed by atoms with Gasteiger partial charge in [-0.3, -0.25) is 10.1 Å². The van der Waals surface area contributed by atoms with Gasteiger partial charge in [-0.1, -0.05) is 46.4 Å². The Hall–Kier alpha value is -2.24. The molecular formula is C17H14Cl4N6O. The third kappa shape index (κ3) is 6.43. The zero-order valence-corrected chi connectivity index (χ0v) is 17.4. The molecule has 2 aromatic rings. The van der Waals surface area contributed by atoms with Gasteiger partial charge in [-0.2, -0.15) is 5.26 Å². The van der Waals surface area contributed by atoms with Gasteiger partial charge in [0, 0.05) is 16.8 Å². The van der Waals surface area contributed by atoms with Crippen LogP contribution in [0.4, 0.5) is 5.69 Å². The minimum Gasteiger partial charge on any atom is -0.328 e. The summed E-state index contributed by atoms with van der Waals surface area (Å²) in [6.07, 6.45) is 2.13. The van der Waals surface area contributed by atoms with E-state index < -0.39 is 16.4 Å². The van der Waals surface area contributed by atoms with Crippen molar-refractivity contribution in [3.63, 3.8) is 0 Å². The summed E-state index contributed by atoms with van der Waals surface area (Å²) in [5.41, 5.74) is 0.722. The van der Waals surface area contributed by atoms with Crippen LogP contribution in [0.1, 0.15) is 17.3 Å². The molecule has 0 radical (unpaired) electrons. The van der Waals surface area contributed by atoms with Crippen molar-refractivity contribution in [1.29, 1.82) is 5.26 Å². The van der Waals surface area contributed by atoms with Crippen LogP contribution in [-0.2, 0) is 0 Å². The Labute approximate surface area is 181 Å². The van der Waals surface area contributed by atoms with E-state index in [9.17, 15) is 4.79 Å². The highest BCUT2D eigenvalue weighted by Gasteiger charge is 2.32. The number of carbonyl (C=O) groups excluding carboxylic acids is 1. The molecule has 146 valence electrons. The lowest BCUT2D eigenvalue weighted by molar-refractivity contribution is 0.0935. The van der Waals surface area contributed by atoms with Crippen LogP contribution in [0.15, 0.2) is 47.6 Å². The maximum atomic E-state index is 12.5. The molecule has 0 saturated carbocycles. The fraction of sp³-hybridized carbons (Fsp3) is 0.176. The van der Waals surface area contributed by atoms with Crippen molar-refractivity contribution >= 4 is 64.0 Å². The van der Waals surface area contributed by atoms with E-state index in [4.69, 9.17) is 51.7 Å². The fourth-order valence-electron chi connectivity index (χ4n) is 1.97. The number of alkyl halides is 2. The summed E-state index contributed by atoms with van der Waals surface area (Å²) in [4.78, 5) is 20.6. The van der Waals surface area contributed by atoms with Crippen molar-refractivity contribution in [2.45, 2.75) is 17.4 Å². The first-order chi connectivity index (χ1) is 13.2. The number of rotatable bonds is 5. The second kappa shape index (κ2) is 9.80. The summed E-state index contributed by atoms with van der Waals surface area (Å²) in [5.74, 6) is -0.514. The maximum absolute atomic E-state index is 12.5. The van der Waals surface area contributed by atoms with Crippen molar-refractivity contribution in [3.05, 3.63) is 58.3 Å². The normalized spacial score (nSPS) is 12.6. The highest BCUT2D eigenvalue weighted by Crippen LogP contribution is 2.26. The SMILES string of the molecule is CC(Cl)(Cl)C(/N=C(/NC#N)Nc1cccnc1Cl)NC(=O)c1ccc(Cl)cc1. The van der Waals surface area contributed by atoms with Gasteiger partial charge in [-0.15, -0.1) is 0 Å². The van der Waals surface area contributed by atoms with Gasteiger partial charge in [0.15, 0.2) is 21.8 Å². The van der Waals surface area contributed by atoms with Gasteiger partial charge in [-0.25, -0.2) is 9.98 Å². The lowest BCUT2D eigenvalue weighted by Crippen LogP contribution is -2.45. The molecule has 0 bridgehead atoms. The predicted molar refractivity (Wildman–Crippen MR) is 112 cm³/mol. The molecule has 3 N–H and O–H groups in total. The Bertz CT molecular complexity index is 905. The molecule has 1 heterocycles. The molecule has 1 atom stereocenters. The number of nitriles is 1. The van der Waals surface area contributed by atoms with E-state index in [-0.39, 0.29) is 11.1 Å². The highest BCUT2D eigenvalue weighted by atomic mass is 35.5. The number of aliphatic imine (C=N–C) groups is 1. The number of nitrogens with one attached hydrogen (secondary N) is 3. The van der Waals surface area contributed by atoms with Crippen LogP contribution in [0.25, 0.3) is 0 Å². The number of carbonyl (C=O) groups is 1. The van der Waals surface area contributed by atoms with Gasteiger partial charge in [0.1, 0.15) is 0 Å². The van der Waals surface area contributed by atoms with Crippen molar-refractivity contribution in [3.8, 4) is 6.19 Å². The van der Waals surface area contributed by atoms with Crippen molar-refractivity contribution in [1.82, 2.24) is 15.6 Å². The zero-order valence-electron chi connectivity index (χ0n) is 14.4. The molecule has 1 aromatic heterocycles. The first kappa shape index (κ1) is 22.1. The zero-order chi connectivity index (χ0) is 20.7. The number of aromatic nitrogens is 1. The maximum Gasteiger partial charge on any atom is 0.253 e. The van der Waals surface area contributed by atoms with E-state index in [0.717, 1.165) is 0 Å². The van der Waals surface area contributed by atoms with Gasteiger partial charge < -0.3 is 10.6 Å². The number of guanidine groups is 1. The van der Waals surface area contributed by atoms with Crippen LogP contribution in [0, 0.1) is 11.5 Å². The summed E-state index contributed by atoms with van der Waals surface area (Å²) < 4.78 is -1.50. The minimum absolute atomic E-state index is 0.0358. The molecule has 0 aliphatic carbocycles. The first-order valence-corrected chi connectivity index (χ1v) is 9.26. The van der Waals surface area contributed by atoms with E-state index in [0.29, 0.717) is 16.3 Å². The molecule has 0 aliphatic rings. The smallest absolute Gasteiger partial charge is 0.253 e. The molecule has 1 aromatic carbocycles. The molecule has 28 heavy (non-hydrogen) atoms. The molecule has 0 fully saturated rings. The molecule has 0 spiro atoms. The van der Waals surface area contributed by atoms with Crippen LogP contribution in [0.2, 0.25) is 10.2 Å². The molecule has 1 amide bonds. The highest BCUT2D eigenvalue weighted by molar-refractivity contribution is 6.48.